The maximum absolute atomic E-state index is 5.44. The molecular weight excluding hydrogens is 250 g/mol. The number of hydrogen-bond donors (Lipinski definition) is 1. The lowest BCUT2D eigenvalue weighted by Crippen LogP contribution is -2.37. The Morgan fingerprint density at radius 3 is 2.60 bits per heavy atom. The first kappa shape index (κ1) is 15.3. The Morgan fingerprint density at radius 1 is 1.35 bits per heavy atom. The molecule has 20 heavy (non-hydrogen) atoms. The van der Waals surface area contributed by atoms with Gasteiger partial charge in [0.15, 0.2) is 0 Å². The van der Waals surface area contributed by atoms with Gasteiger partial charge in [-0.15, -0.1) is 0 Å². The molecule has 1 N–H and O–H groups in total. The number of nitrogens with one attached hydrogen (secondary N) is 1. The van der Waals surface area contributed by atoms with Gasteiger partial charge in [0.05, 0.1) is 6.10 Å². The molecule has 1 aromatic heterocycles. The van der Waals surface area contributed by atoms with Gasteiger partial charge in [-0.25, -0.2) is 4.98 Å². The van der Waals surface area contributed by atoms with Crippen molar-refractivity contribution in [2.45, 2.75) is 45.3 Å². The minimum atomic E-state index is 0.413. The van der Waals surface area contributed by atoms with Crippen LogP contribution < -0.4 is 10.2 Å². The summed E-state index contributed by atoms with van der Waals surface area (Å²) in [6, 6.07) is 4.43. The van der Waals surface area contributed by atoms with E-state index < -0.39 is 0 Å². The first-order valence-corrected chi connectivity index (χ1v) is 7.57. The second-order valence-electron chi connectivity index (χ2n) is 5.87. The van der Waals surface area contributed by atoms with E-state index in [2.05, 4.69) is 36.2 Å². The first-order valence-electron chi connectivity index (χ1n) is 7.57. The number of rotatable bonds is 5. The standard InChI is InChI=1S/C16H27N3O/c1-12(2)15-9-13(11-17-3)10-16(18-15)19-7-5-14(20-4)6-8-19/h9-10,12,14,17H,5-8,11H2,1-4H3. The molecule has 2 rings (SSSR count). The summed E-state index contributed by atoms with van der Waals surface area (Å²) in [6.07, 6.45) is 2.59. The van der Waals surface area contributed by atoms with E-state index in [1.165, 1.54) is 11.3 Å². The molecule has 2 heterocycles. The molecule has 4 heteroatoms. The Morgan fingerprint density at radius 2 is 2.05 bits per heavy atom. The van der Waals surface area contributed by atoms with E-state index in [0.29, 0.717) is 12.0 Å². The summed E-state index contributed by atoms with van der Waals surface area (Å²) in [5.74, 6) is 1.58. The molecule has 0 radical (unpaired) electrons. The van der Waals surface area contributed by atoms with Crippen LogP contribution in [0.2, 0.25) is 0 Å². The molecule has 0 atom stereocenters. The molecular formula is C16H27N3O. The molecule has 0 bridgehead atoms. The smallest absolute Gasteiger partial charge is 0.129 e. The second-order valence-corrected chi connectivity index (χ2v) is 5.87. The fraction of sp³-hybridized carbons (Fsp3) is 0.688. The van der Waals surface area contributed by atoms with Crippen LogP contribution in [0.1, 0.15) is 43.9 Å². The number of aromatic nitrogens is 1. The minimum Gasteiger partial charge on any atom is -0.381 e. The van der Waals surface area contributed by atoms with Crippen LogP contribution in [0.5, 0.6) is 0 Å². The van der Waals surface area contributed by atoms with Gasteiger partial charge in [-0.05, 0) is 43.5 Å². The van der Waals surface area contributed by atoms with Crippen LogP contribution in [-0.4, -0.2) is 38.3 Å². The summed E-state index contributed by atoms with van der Waals surface area (Å²) in [5, 5.41) is 3.23. The lowest BCUT2D eigenvalue weighted by Gasteiger charge is -2.32. The lowest BCUT2D eigenvalue weighted by atomic mass is 10.1. The van der Waals surface area contributed by atoms with E-state index in [1.54, 1.807) is 0 Å². The number of hydrogen-bond acceptors (Lipinski definition) is 4. The molecule has 0 spiro atoms. The Hall–Kier alpha value is -1.13. The van der Waals surface area contributed by atoms with E-state index in [4.69, 9.17) is 9.72 Å². The Kier molecular flexibility index (Phi) is 5.38. The third-order valence-corrected chi connectivity index (χ3v) is 3.96. The highest BCUT2D eigenvalue weighted by Crippen LogP contribution is 2.23. The average Bonchev–Trinajstić information content (AvgIpc) is 2.47. The fourth-order valence-corrected chi connectivity index (χ4v) is 2.68. The molecule has 0 unspecified atom stereocenters. The number of anilines is 1. The number of piperidine rings is 1. The van der Waals surface area contributed by atoms with Crippen molar-refractivity contribution in [2.24, 2.45) is 0 Å². The van der Waals surface area contributed by atoms with Crippen molar-refractivity contribution in [3.63, 3.8) is 0 Å². The van der Waals surface area contributed by atoms with Crippen LogP contribution in [-0.2, 0) is 11.3 Å². The molecule has 1 fully saturated rings. The Labute approximate surface area is 122 Å². The van der Waals surface area contributed by atoms with Crippen LogP contribution in [0.3, 0.4) is 0 Å². The Balaban J connectivity index is 2.17. The normalized spacial score (nSPS) is 16.9. The fourth-order valence-electron chi connectivity index (χ4n) is 2.68. The molecule has 1 aromatic rings. The number of ether oxygens (including phenoxy) is 1. The molecule has 1 aliphatic rings. The summed E-state index contributed by atoms with van der Waals surface area (Å²) in [5.41, 5.74) is 2.50. The van der Waals surface area contributed by atoms with Gasteiger partial charge in [0, 0.05) is 32.4 Å². The average molecular weight is 277 g/mol. The van der Waals surface area contributed by atoms with Crippen molar-refractivity contribution in [1.29, 1.82) is 0 Å². The van der Waals surface area contributed by atoms with E-state index in [9.17, 15) is 0 Å². The first-order chi connectivity index (χ1) is 9.63. The second kappa shape index (κ2) is 7.04. The van der Waals surface area contributed by atoms with Crippen LogP contribution in [0.4, 0.5) is 5.82 Å². The van der Waals surface area contributed by atoms with Crippen molar-refractivity contribution in [3.05, 3.63) is 23.4 Å². The maximum Gasteiger partial charge on any atom is 0.129 e. The van der Waals surface area contributed by atoms with Gasteiger partial charge in [0.25, 0.3) is 0 Å². The van der Waals surface area contributed by atoms with E-state index in [1.807, 2.05) is 14.2 Å². The molecule has 4 nitrogen and oxygen atoms in total. The van der Waals surface area contributed by atoms with Gasteiger partial charge < -0.3 is 15.0 Å². The van der Waals surface area contributed by atoms with Gasteiger partial charge in [0.2, 0.25) is 0 Å². The van der Waals surface area contributed by atoms with Crippen LogP contribution >= 0.6 is 0 Å². The zero-order chi connectivity index (χ0) is 14.5. The van der Waals surface area contributed by atoms with Crippen molar-refractivity contribution in [3.8, 4) is 0 Å². The van der Waals surface area contributed by atoms with Crippen LogP contribution in [0.15, 0.2) is 12.1 Å². The third-order valence-electron chi connectivity index (χ3n) is 3.96. The van der Waals surface area contributed by atoms with Crippen molar-refractivity contribution in [2.75, 3.05) is 32.1 Å². The molecule has 1 saturated heterocycles. The lowest BCUT2D eigenvalue weighted by molar-refractivity contribution is 0.0818. The summed E-state index contributed by atoms with van der Waals surface area (Å²) in [6.45, 7) is 7.36. The van der Waals surface area contributed by atoms with Crippen molar-refractivity contribution < 1.29 is 4.74 Å². The van der Waals surface area contributed by atoms with Crippen LogP contribution in [0, 0.1) is 0 Å². The zero-order valence-corrected chi connectivity index (χ0v) is 13.1. The quantitative estimate of drug-likeness (QED) is 0.897. The number of nitrogens with zero attached hydrogens (tertiary/aromatic N) is 2. The van der Waals surface area contributed by atoms with Crippen LogP contribution in [0.25, 0.3) is 0 Å². The monoisotopic (exact) mass is 277 g/mol. The minimum absolute atomic E-state index is 0.413. The van der Waals surface area contributed by atoms with E-state index >= 15 is 0 Å². The van der Waals surface area contributed by atoms with E-state index in [0.717, 1.165) is 38.3 Å². The number of pyridine rings is 1. The Bertz CT molecular complexity index is 426. The summed E-state index contributed by atoms with van der Waals surface area (Å²) < 4.78 is 5.44. The van der Waals surface area contributed by atoms with Gasteiger partial charge in [-0.3, -0.25) is 0 Å². The molecule has 0 amide bonds. The van der Waals surface area contributed by atoms with Crippen molar-refractivity contribution in [1.82, 2.24) is 10.3 Å². The molecule has 112 valence electrons. The summed E-state index contributed by atoms with van der Waals surface area (Å²) in [7, 11) is 3.79. The van der Waals surface area contributed by atoms with E-state index in [-0.39, 0.29) is 0 Å². The largest absolute Gasteiger partial charge is 0.381 e. The van der Waals surface area contributed by atoms with Crippen molar-refractivity contribution >= 4 is 5.82 Å². The SMILES string of the molecule is CNCc1cc(C(C)C)nc(N2CCC(OC)CC2)c1. The third kappa shape index (κ3) is 3.70. The van der Waals surface area contributed by atoms with Gasteiger partial charge >= 0.3 is 0 Å². The van der Waals surface area contributed by atoms with Gasteiger partial charge in [0.1, 0.15) is 5.82 Å². The highest BCUT2D eigenvalue weighted by Gasteiger charge is 2.20. The predicted molar refractivity (Wildman–Crippen MR) is 83.3 cm³/mol. The highest BCUT2D eigenvalue weighted by atomic mass is 16.5. The zero-order valence-electron chi connectivity index (χ0n) is 13.1. The summed E-state index contributed by atoms with van der Waals surface area (Å²) in [4.78, 5) is 7.24. The topological polar surface area (TPSA) is 37.4 Å². The maximum atomic E-state index is 5.44. The van der Waals surface area contributed by atoms with Gasteiger partial charge in [-0.2, -0.15) is 0 Å². The van der Waals surface area contributed by atoms with Gasteiger partial charge in [-0.1, -0.05) is 13.8 Å². The molecule has 0 aliphatic carbocycles. The highest BCUT2D eigenvalue weighted by molar-refractivity contribution is 5.43. The number of methoxy groups -OCH3 is 1. The predicted octanol–water partition coefficient (Wildman–Crippen LogP) is 2.54. The molecule has 0 aromatic carbocycles. The molecule has 1 aliphatic heterocycles. The molecule has 0 saturated carbocycles. The summed E-state index contributed by atoms with van der Waals surface area (Å²) >= 11 is 0.